The van der Waals surface area contributed by atoms with Crippen LogP contribution in [0.4, 0.5) is 4.39 Å². The molecule has 0 heterocycles. The van der Waals surface area contributed by atoms with E-state index in [-0.39, 0.29) is 42.0 Å². The van der Waals surface area contributed by atoms with E-state index in [1.807, 2.05) is 0 Å². The summed E-state index contributed by atoms with van der Waals surface area (Å²) in [5, 5.41) is 5.65. The standard InChI is InChI=1S/C19H26FN3O2.ClH/c20-16-6-4-12(5-7-16)18(24)22-8-9-23-19(25)15-10-13-2-1-3-14(11-15)17(13)21;/h4-7,13-15,17H,1-3,8-11,21H2,(H,22,24)(H,23,25);1H. The number of rotatable bonds is 5. The normalized spacial score (nSPS) is 27.2. The second-order valence-corrected chi connectivity index (χ2v) is 7.25. The first kappa shape index (κ1) is 20.6. The van der Waals surface area contributed by atoms with Crippen molar-refractivity contribution in [1.29, 1.82) is 0 Å². The monoisotopic (exact) mass is 383 g/mol. The summed E-state index contributed by atoms with van der Waals surface area (Å²) in [6.07, 6.45) is 5.26. The topological polar surface area (TPSA) is 84.2 Å². The Morgan fingerprint density at radius 1 is 1.04 bits per heavy atom. The summed E-state index contributed by atoms with van der Waals surface area (Å²) < 4.78 is 12.8. The van der Waals surface area contributed by atoms with Gasteiger partial charge in [-0.05, 0) is 61.8 Å². The van der Waals surface area contributed by atoms with Gasteiger partial charge in [0.25, 0.3) is 5.91 Å². The summed E-state index contributed by atoms with van der Waals surface area (Å²) in [6.45, 7) is 0.741. The molecule has 0 aromatic heterocycles. The van der Waals surface area contributed by atoms with Crippen molar-refractivity contribution < 1.29 is 14.0 Å². The van der Waals surface area contributed by atoms with Gasteiger partial charge in [-0.1, -0.05) is 6.42 Å². The fourth-order valence-electron chi connectivity index (χ4n) is 4.21. The third kappa shape index (κ3) is 4.95. The molecule has 0 radical (unpaired) electrons. The minimum atomic E-state index is -0.374. The highest BCUT2D eigenvalue weighted by molar-refractivity contribution is 5.94. The van der Waals surface area contributed by atoms with Gasteiger partial charge in [-0.25, -0.2) is 4.39 Å². The molecule has 0 aliphatic heterocycles. The Balaban J connectivity index is 0.00000243. The second kappa shape index (κ2) is 9.33. The molecule has 2 bridgehead atoms. The average Bonchev–Trinajstić information content (AvgIpc) is 2.58. The molecule has 7 heteroatoms. The third-order valence-corrected chi connectivity index (χ3v) is 5.60. The average molecular weight is 384 g/mol. The number of carbonyl (C=O) groups excluding carboxylic acids is 2. The summed E-state index contributed by atoms with van der Waals surface area (Å²) in [4.78, 5) is 24.3. The maximum Gasteiger partial charge on any atom is 0.251 e. The van der Waals surface area contributed by atoms with Crippen LogP contribution < -0.4 is 16.4 Å². The molecule has 144 valence electrons. The maximum absolute atomic E-state index is 12.8. The summed E-state index contributed by atoms with van der Waals surface area (Å²) in [5.41, 5.74) is 6.67. The first-order valence-corrected chi connectivity index (χ1v) is 9.11. The molecule has 1 aromatic carbocycles. The molecular weight excluding hydrogens is 357 g/mol. The van der Waals surface area contributed by atoms with Crippen LogP contribution in [0.1, 0.15) is 42.5 Å². The van der Waals surface area contributed by atoms with Crippen LogP contribution in [0.5, 0.6) is 0 Å². The molecule has 4 N–H and O–H groups in total. The lowest BCUT2D eigenvalue weighted by molar-refractivity contribution is -0.127. The fourth-order valence-corrected chi connectivity index (χ4v) is 4.21. The molecule has 1 aromatic rings. The molecule has 2 atom stereocenters. The van der Waals surface area contributed by atoms with E-state index in [9.17, 15) is 14.0 Å². The third-order valence-electron chi connectivity index (χ3n) is 5.60. The largest absolute Gasteiger partial charge is 0.354 e. The van der Waals surface area contributed by atoms with E-state index in [1.54, 1.807) is 0 Å². The van der Waals surface area contributed by atoms with Crippen LogP contribution in [0, 0.1) is 23.6 Å². The quantitative estimate of drug-likeness (QED) is 0.682. The smallest absolute Gasteiger partial charge is 0.251 e. The number of halogens is 2. The molecule has 2 fully saturated rings. The minimum absolute atomic E-state index is 0. The lowest BCUT2D eigenvalue weighted by Gasteiger charge is -2.43. The number of nitrogens with one attached hydrogen (secondary N) is 2. The summed E-state index contributed by atoms with van der Waals surface area (Å²) >= 11 is 0. The number of nitrogens with two attached hydrogens (primary N) is 1. The predicted molar refractivity (Wildman–Crippen MR) is 101 cm³/mol. The van der Waals surface area contributed by atoms with Crippen molar-refractivity contribution in [2.75, 3.05) is 13.1 Å². The van der Waals surface area contributed by atoms with Crippen molar-refractivity contribution in [3.63, 3.8) is 0 Å². The molecule has 5 nitrogen and oxygen atoms in total. The van der Waals surface area contributed by atoms with Crippen LogP contribution in [-0.2, 0) is 4.79 Å². The van der Waals surface area contributed by atoms with E-state index in [4.69, 9.17) is 5.73 Å². The van der Waals surface area contributed by atoms with Gasteiger partial charge in [0.15, 0.2) is 0 Å². The first-order valence-electron chi connectivity index (χ1n) is 9.11. The van der Waals surface area contributed by atoms with E-state index in [1.165, 1.54) is 30.7 Å². The molecule has 0 spiro atoms. The van der Waals surface area contributed by atoms with Crippen LogP contribution in [0.15, 0.2) is 24.3 Å². The van der Waals surface area contributed by atoms with Gasteiger partial charge < -0.3 is 16.4 Å². The molecule has 26 heavy (non-hydrogen) atoms. The highest BCUT2D eigenvalue weighted by Crippen LogP contribution is 2.41. The SMILES string of the molecule is Cl.NC1C2CCCC1CC(C(=O)NCCNC(=O)c1ccc(F)cc1)C2. The molecule has 2 aliphatic carbocycles. The van der Waals surface area contributed by atoms with Crippen LogP contribution >= 0.6 is 12.4 Å². The summed E-state index contributed by atoms with van der Waals surface area (Å²) in [5.74, 6) is 0.416. The molecule has 3 rings (SSSR count). The second-order valence-electron chi connectivity index (χ2n) is 7.25. The van der Waals surface area contributed by atoms with Gasteiger partial charge in [-0.2, -0.15) is 0 Å². The van der Waals surface area contributed by atoms with Gasteiger partial charge in [0.1, 0.15) is 5.82 Å². The minimum Gasteiger partial charge on any atom is -0.354 e. The zero-order valence-electron chi connectivity index (χ0n) is 14.7. The zero-order valence-corrected chi connectivity index (χ0v) is 15.6. The zero-order chi connectivity index (χ0) is 17.8. The van der Waals surface area contributed by atoms with E-state index >= 15 is 0 Å². The Morgan fingerprint density at radius 2 is 1.62 bits per heavy atom. The highest BCUT2D eigenvalue weighted by atomic mass is 35.5. The lowest BCUT2D eigenvalue weighted by Crippen LogP contribution is -2.49. The van der Waals surface area contributed by atoms with Crippen LogP contribution in [0.25, 0.3) is 0 Å². The number of carbonyl (C=O) groups is 2. The predicted octanol–water partition coefficient (Wildman–Crippen LogP) is 2.25. The Labute approximate surface area is 159 Å². The van der Waals surface area contributed by atoms with Crippen LogP contribution in [0.3, 0.4) is 0 Å². The van der Waals surface area contributed by atoms with Crippen molar-refractivity contribution >= 4 is 24.2 Å². The summed E-state index contributed by atoms with van der Waals surface area (Å²) in [6, 6.07) is 5.64. The first-order chi connectivity index (χ1) is 12.0. The molecular formula is C19H27ClFN3O2. The van der Waals surface area contributed by atoms with Gasteiger partial charge in [-0.15, -0.1) is 12.4 Å². The van der Waals surface area contributed by atoms with Gasteiger partial charge >= 0.3 is 0 Å². The molecule has 2 amide bonds. The number of benzene rings is 1. The van der Waals surface area contributed by atoms with E-state index in [0.29, 0.717) is 30.5 Å². The molecule has 2 aliphatic rings. The van der Waals surface area contributed by atoms with Crippen molar-refractivity contribution in [3.8, 4) is 0 Å². The molecule has 2 saturated carbocycles. The Hall–Kier alpha value is -1.66. The highest BCUT2D eigenvalue weighted by Gasteiger charge is 2.40. The van der Waals surface area contributed by atoms with Crippen molar-refractivity contribution in [1.82, 2.24) is 10.6 Å². The number of amides is 2. The lowest BCUT2D eigenvalue weighted by atomic mass is 9.65. The number of hydrogen-bond acceptors (Lipinski definition) is 3. The van der Waals surface area contributed by atoms with Gasteiger partial charge in [0.2, 0.25) is 5.91 Å². The van der Waals surface area contributed by atoms with Gasteiger partial charge in [-0.3, -0.25) is 9.59 Å². The van der Waals surface area contributed by atoms with E-state index in [2.05, 4.69) is 10.6 Å². The Bertz CT molecular complexity index is 612. The van der Waals surface area contributed by atoms with Crippen LogP contribution in [0.2, 0.25) is 0 Å². The van der Waals surface area contributed by atoms with Crippen molar-refractivity contribution in [2.24, 2.45) is 23.5 Å². The molecule has 0 saturated heterocycles. The number of fused-ring (bicyclic) bond motifs is 2. The summed E-state index contributed by atoms with van der Waals surface area (Å²) in [7, 11) is 0. The van der Waals surface area contributed by atoms with E-state index < -0.39 is 0 Å². The Kier molecular flexibility index (Phi) is 7.41. The molecule has 2 unspecified atom stereocenters. The Morgan fingerprint density at radius 3 is 2.23 bits per heavy atom. The van der Waals surface area contributed by atoms with Crippen molar-refractivity contribution in [2.45, 2.75) is 38.1 Å². The van der Waals surface area contributed by atoms with E-state index in [0.717, 1.165) is 25.7 Å². The number of hydrogen-bond donors (Lipinski definition) is 3. The maximum atomic E-state index is 12.8. The van der Waals surface area contributed by atoms with Crippen molar-refractivity contribution in [3.05, 3.63) is 35.6 Å². The van der Waals surface area contributed by atoms with Gasteiger partial charge in [0, 0.05) is 30.6 Å². The fraction of sp³-hybridized carbons (Fsp3) is 0.579. The van der Waals surface area contributed by atoms with Crippen LogP contribution in [-0.4, -0.2) is 30.9 Å². The van der Waals surface area contributed by atoms with Gasteiger partial charge in [0.05, 0.1) is 0 Å².